The average Bonchev–Trinajstić information content (AvgIpc) is 2.90. The number of carbonyl (C=O) groups excluding carboxylic acids is 2. The molecule has 3 rings (SSSR count). The van der Waals surface area contributed by atoms with Gasteiger partial charge in [-0.2, -0.15) is 0 Å². The van der Waals surface area contributed by atoms with Gasteiger partial charge in [-0.25, -0.2) is 8.42 Å². The van der Waals surface area contributed by atoms with Gasteiger partial charge < -0.3 is 10.2 Å². The van der Waals surface area contributed by atoms with E-state index in [1.165, 1.54) is 4.90 Å². The van der Waals surface area contributed by atoms with Gasteiger partial charge in [-0.15, -0.1) is 0 Å². The summed E-state index contributed by atoms with van der Waals surface area (Å²) in [5.74, 6) is -0.928. The first-order chi connectivity index (χ1) is 18.9. The Balaban J connectivity index is 2.12. The molecular formula is C30H35Cl2N3O4S. The standard InChI is InChI=1S/C30H35Cl2N3O4S/c1-5-23-14-9-10-17-27(23)35(40(4,38)39)20-29(36)34(19-24-25(31)15-11-16-26(24)32)28(30(37)33-21(2)3)18-22-12-7-6-8-13-22/h6-17,21,28H,5,18-20H2,1-4H3,(H,33,37)/t28-/m0/s1. The molecule has 0 aliphatic heterocycles. The van der Waals surface area contributed by atoms with Crippen LogP contribution in [0.3, 0.4) is 0 Å². The van der Waals surface area contributed by atoms with E-state index in [0.717, 1.165) is 21.7 Å². The van der Waals surface area contributed by atoms with Crippen LogP contribution in [-0.4, -0.2) is 50.0 Å². The number of anilines is 1. The Bertz CT molecular complexity index is 1410. The number of para-hydroxylation sites is 1. The fraction of sp³-hybridized carbons (Fsp3) is 0.333. The molecule has 0 fully saturated rings. The minimum Gasteiger partial charge on any atom is -0.352 e. The fourth-order valence-electron chi connectivity index (χ4n) is 4.44. The summed E-state index contributed by atoms with van der Waals surface area (Å²) in [6, 6.07) is 20.3. The summed E-state index contributed by atoms with van der Waals surface area (Å²) in [4.78, 5) is 29.2. The second-order valence-electron chi connectivity index (χ2n) is 9.84. The number of rotatable bonds is 12. The van der Waals surface area contributed by atoms with Crippen molar-refractivity contribution in [3.05, 3.63) is 99.5 Å². The van der Waals surface area contributed by atoms with Crippen molar-refractivity contribution in [2.24, 2.45) is 0 Å². The van der Waals surface area contributed by atoms with Crippen LogP contribution < -0.4 is 9.62 Å². The Labute approximate surface area is 247 Å². The third kappa shape index (κ3) is 8.22. The van der Waals surface area contributed by atoms with E-state index in [1.807, 2.05) is 63.2 Å². The molecule has 1 atom stereocenters. The summed E-state index contributed by atoms with van der Waals surface area (Å²) in [5, 5.41) is 3.59. The maximum Gasteiger partial charge on any atom is 0.244 e. The van der Waals surface area contributed by atoms with Crippen LogP contribution in [0.25, 0.3) is 0 Å². The molecule has 3 aromatic rings. The zero-order chi connectivity index (χ0) is 29.4. The third-order valence-corrected chi connectivity index (χ3v) is 8.25. The molecule has 0 spiro atoms. The number of nitrogens with zero attached hydrogens (tertiary/aromatic N) is 2. The lowest BCUT2D eigenvalue weighted by molar-refractivity contribution is -0.140. The van der Waals surface area contributed by atoms with E-state index in [0.29, 0.717) is 27.7 Å². The van der Waals surface area contributed by atoms with E-state index >= 15 is 0 Å². The van der Waals surface area contributed by atoms with Gasteiger partial charge in [0.05, 0.1) is 11.9 Å². The van der Waals surface area contributed by atoms with Gasteiger partial charge in [-0.05, 0) is 49.6 Å². The van der Waals surface area contributed by atoms with Crippen LogP contribution in [0.5, 0.6) is 0 Å². The summed E-state index contributed by atoms with van der Waals surface area (Å²) in [7, 11) is -3.86. The summed E-state index contributed by atoms with van der Waals surface area (Å²) < 4.78 is 27.1. The van der Waals surface area contributed by atoms with Gasteiger partial charge in [0.1, 0.15) is 12.6 Å². The van der Waals surface area contributed by atoms with Crippen LogP contribution in [0.1, 0.15) is 37.5 Å². The molecule has 214 valence electrons. The normalized spacial score (nSPS) is 12.2. The summed E-state index contributed by atoms with van der Waals surface area (Å²) >= 11 is 13.0. The van der Waals surface area contributed by atoms with E-state index < -0.39 is 28.5 Å². The Morgan fingerprint density at radius 3 is 2.08 bits per heavy atom. The topological polar surface area (TPSA) is 86.8 Å². The van der Waals surface area contributed by atoms with Crippen LogP contribution in [0, 0.1) is 0 Å². The van der Waals surface area contributed by atoms with E-state index in [9.17, 15) is 18.0 Å². The van der Waals surface area contributed by atoms with Crippen molar-refractivity contribution >= 4 is 50.7 Å². The monoisotopic (exact) mass is 603 g/mol. The van der Waals surface area contributed by atoms with Gasteiger partial charge in [0, 0.05) is 34.6 Å². The molecule has 0 aromatic heterocycles. The largest absolute Gasteiger partial charge is 0.352 e. The van der Waals surface area contributed by atoms with Gasteiger partial charge in [0.15, 0.2) is 0 Å². The highest BCUT2D eigenvalue weighted by Gasteiger charge is 2.34. The maximum atomic E-state index is 14.2. The molecule has 10 heteroatoms. The molecule has 0 unspecified atom stereocenters. The zero-order valence-electron chi connectivity index (χ0n) is 23.1. The quantitative estimate of drug-likeness (QED) is 0.297. The number of aryl methyl sites for hydroxylation is 1. The predicted octanol–water partition coefficient (Wildman–Crippen LogP) is 5.49. The summed E-state index contributed by atoms with van der Waals surface area (Å²) in [6.07, 6.45) is 1.84. The molecule has 7 nitrogen and oxygen atoms in total. The number of sulfonamides is 1. The van der Waals surface area contributed by atoms with Crippen molar-refractivity contribution in [1.82, 2.24) is 10.2 Å². The average molecular weight is 605 g/mol. The smallest absolute Gasteiger partial charge is 0.244 e. The third-order valence-electron chi connectivity index (χ3n) is 6.41. The van der Waals surface area contributed by atoms with Crippen molar-refractivity contribution in [3.8, 4) is 0 Å². The number of benzene rings is 3. The second-order valence-corrected chi connectivity index (χ2v) is 12.6. The van der Waals surface area contributed by atoms with Crippen molar-refractivity contribution < 1.29 is 18.0 Å². The Morgan fingerprint density at radius 2 is 1.50 bits per heavy atom. The number of hydrogen-bond acceptors (Lipinski definition) is 4. The number of amides is 2. The van der Waals surface area contributed by atoms with Crippen LogP contribution >= 0.6 is 23.2 Å². The highest BCUT2D eigenvalue weighted by molar-refractivity contribution is 7.92. The SMILES string of the molecule is CCc1ccccc1N(CC(=O)N(Cc1c(Cl)cccc1Cl)[C@@H](Cc1ccccc1)C(=O)NC(C)C)S(C)(=O)=O. The minimum absolute atomic E-state index is 0.0899. The van der Waals surface area contributed by atoms with Crippen molar-refractivity contribution in [2.75, 3.05) is 17.1 Å². The molecule has 0 aliphatic carbocycles. The Kier molecular flexibility index (Phi) is 11.0. The Hall–Kier alpha value is -3.07. The van der Waals surface area contributed by atoms with Crippen molar-refractivity contribution in [3.63, 3.8) is 0 Å². The fourth-order valence-corrected chi connectivity index (χ4v) is 5.83. The van der Waals surface area contributed by atoms with Crippen LogP contribution in [0.4, 0.5) is 5.69 Å². The molecular weight excluding hydrogens is 569 g/mol. The van der Waals surface area contributed by atoms with E-state index in [1.54, 1.807) is 30.3 Å². The molecule has 0 saturated heterocycles. The van der Waals surface area contributed by atoms with Crippen LogP contribution in [-0.2, 0) is 39.0 Å². The van der Waals surface area contributed by atoms with Crippen LogP contribution in [0.2, 0.25) is 10.0 Å². The van der Waals surface area contributed by atoms with Gasteiger partial charge in [0.25, 0.3) is 0 Å². The van der Waals surface area contributed by atoms with Crippen molar-refractivity contribution in [1.29, 1.82) is 0 Å². The van der Waals surface area contributed by atoms with Crippen molar-refractivity contribution in [2.45, 2.75) is 52.2 Å². The van der Waals surface area contributed by atoms with Gasteiger partial charge in [0.2, 0.25) is 21.8 Å². The van der Waals surface area contributed by atoms with Gasteiger partial charge in [-0.1, -0.05) is 84.7 Å². The molecule has 0 aliphatic rings. The molecule has 0 radical (unpaired) electrons. The van der Waals surface area contributed by atoms with E-state index in [4.69, 9.17) is 23.2 Å². The Morgan fingerprint density at radius 1 is 0.900 bits per heavy atom. The first-order valence-electron chi connectivity index (χ1n) is 13.0. The summed E-state index contributed by atoms with van der Waals surface area (Å²) in [5.41, 5.74) is 2.50. The molecule has 3 aromatic carbocycles. The number of nitrogens with one attached hydrogen (secondary N) is 1. The highest BCUT2D eigenvalue weighted by Crippen LogP contribution is 2.28. The lowest BCUT2D eigenvalue weighted by Gasteiger charge is -2.34. The van der Waals surface area contributed by atoms with E-state index in [2.05, 4.69) is 5.32 Å². The molecule has 0 saturated carbocycles. The molecule has 1 N–H and O–H groups in total. The minimum atomic E-state index is -3.86. The molecule has 0 heterocycles. The maximum absolute atomic E-state index is 14.2. The summed E-state index contributed by atoms with van der Waals surface area (Å²) in [6.45, 7) is 4.99. The highest BCUT2D eigenvalue weighted by atomic mass is 35.5. The first kappa shape index (κ1) is 31.5. The van der Waals surface area contributed by atoms with E-state index in [-0.39, 0.29) is 24.9 Å². The molecule has 2 amide bonds. The lowest BCUT2D eigenvalue weighted by Crippen LogP contribution is -2.54. The zero-order valence-corrected chi connectivity index (χ0v) is 25.4. The predicted molar refractivity (Wildman–Crippen MR) is 162 cm³/mol. The number of hydrogen-bond donors (Lipinski definition) is 1. The van der Waals surface area contributed by atoms with Gasteiger partial charge in [-0.3, -0.25) is 13.9 Å². The first-order valence-corrected chi connectivity index (χ1v) is 15.6. The van der Waals surface area contributed by atoms with Crippen LogP contribution in [0.15, 0.2) is 72.8 Å². The number of halogens is 2. The molecule has 0 bridgehead atoms. The molecule has 40 heavy (non-hydrogen) atoms. The lowest BCUT2D eigenvalue weighted by atomic mass is 10.0. The second kappa shape index (κ2) is 14.0. The number of carbonyl (C=O) groups is 2. The van der Waals surface area contributed by atoms with Gasteiger partial charge >= 0.3 is 0 Å².